The molecule has 1 amide bonds. The maximum Gasteiger partial charge on any atom is 0.326 e. The third kappa shape index (κ3) is 4.77. The fourth-order valence-electron chi connectivity index (χ4n) is 4.41. The van der Waals surface area contributed by atoms with Crippen LogP contribution < -0.4 is 20.1 Å². The van der Waals surface area contributed by atoms with Crippen molar-refractivity contribution in [3.8, 4) is 17.2 Å². The molecule has 2 aromatic carbocycles. The van der Waals surface area contributed by atoms with Gasteiger partial charge in [0.2, 0.25) is 5.69 Å². The number of carbonyl (C=O) groups excluding carboxylic acids is 1. The normalized spacial score (nSPS) is 14.1. The Hall–Kier alpha value is -4.09. The summed E-state index contributed by atoms with van der Waals surface area (Å²) >= 11 is 0. The molecule has 0 atom stereocenters. The third-order valence-electron chi connectivity index (χ3n) is 6.27. The van der Waals surface area contributed by atoms with E-state index in [1.165, 1.54) is 0 Å². The van der Waals surface area contributed by atoms with Crippen LogP contribution in [0.4, 0.5) is 10.5 Å². The molecule has 5 rings (SSSR count). The lowest BCUT2D eigenvalue weighted by atomic mass is 9.99. The van der Waals surface area contributed by atoms with E-state index >= 15 is 0 Å². The highest BCUT2D eigenvalue weighted by Crippen LogP contribution is 2.38. The van der Waals surface area contributed by atoms with Crippen molar-refractivity contribution in [2.24, 2.45) is 5.92 Å². The predicted molar refractivity (Wildman–Crippen MR) is 136 cm³/mol. The maximum atomic E-state index is 12.2. The molecule has 178 valence electrons. The zero-order chi connectivity index (χ0) is 24.2. The Bertz CT molecular complexity index is 1420. The molecule has 1 aliphatic rings. The van der Waals surface area contributed by atoms with Gasteiger partial charge in [-0.05, 0) is 81.2 Å². The van der Waals surface area contributed by atoms with E-state index in [-0.39, 0.29) is 6.03 Å². The number of hydrogen-bond donors (Lipinski definition) is 2. The Labute approximate surface area is 203 Å². The second-order valence-corrected chi connectivity index (χ2v) is 8.61. The average molecular weight is 470 g/mol. The van der Waals surface area contributed by atoms with Crippen LogP contribution in [-0.4, -0.2) is 41.8 Å². The number of fused-ring (bicyclic) bond motifs is 2. The van der Waals surface area contributed by atoms with E-state index in [9.17, 15) is 4.79 Å². The molecule has 0 radical (unpaired) electrons. The fraction of sp³-hybridized carbons (Fsp3) is 0.296. The molecule has 1 fully saturated rings. The Morgan fingerprint density at radius 2 is 2.06 bits per heavy atom. The summed E-state index contributed by atoms with van der Waals surface area (Å²) in [6.45, 7) is 12.7. The quantitative estimate of drug-likeness (QED) is 0.365. The molecule has 0 saturated carbocycles. The molecule has 2 aromatic heterocycles. The van der Waals surface area contributed by atoms with Gasteiger partial charge < -0.3 is 20.1 Å². The highest BCUT2D eigenvalue weighted by atomic mass is 16.5. The summed E-state index contributed by atoms with van der Waals surface area (Å²) in [5.41, 5.74) is 1.95. The fourth-order valence-corrected chi connectivity index (χ4v) is 4.41. The summed E-state index contributed by atoms with van der Waals surface area (Å²) in [5, 5.41) is 7.80. The number of rotatable bonds is 6. The van der Waals surface area contributed by atoms with Crippen molar-refractivity contribution in [1.29, 1.82) is 0 Å². The predicted octanol–water partition coefficient (Wildman–Crippen LogP) is 5.49. The van der Waals surface area contributed by atoms with Crippen molar-refractivity contribution in [3.05, 3.63) is 66.3 Å². The number of hydrogen-bond acceptors (Lipinski definition) is 5. The Kier molecular flexibility index (Phi) is 6.51. The Morgan fingerprint density at radius 3 is 2.86 bits per heavy atom. The highest BCUT2D eigenvalue weighted by molar-refractivity contribution is 5.93. The summed E-state index contributed by atoms with van der Waals surface area (Å²) in [6.07, 6.45) is 5.59. The van der Waals surface area contributed by atoms with E-state index in [0.717, 1.165) is 42.2 Å². The van der Waals surface area contributed by atoms with Crippen LogP contribution in [0.2, 0.25) is 0 Å². The van der Waals surface area contributed by atoms with Crippen molar-refractivity contribution in [1.82, 2.24) is 20.2 Å². The molecule has 2 N–H and O–H groups in total. The number of piperidine rings is 1. The van der Waals surface area contributed by atoms with Gasteiger partial charge in [0.1, 0.15) is 17.2 Å². The Balaban J connectivity index is 1.41. The number of carbonyl (C=O) groups is 1. The lowest BCUT2D eigenvalue weighted by Crippen LogP contribution is -2.30. The molecule has 8 nitrogen and oxygen atoms in total. The van der Waals surface area contributed by atoms with Gasteiger partial charge in [0.05, 0.1) is 24.2 Å². The minimum absolute atomic E-state index is 0.166. The lowest BCUT2D eigenvalue weighted by Gasteiger charge is -2.23. The summed E-state index contributed by atoms with van der Waals surface area (Å²) in [7, 11) is 0. The summed E-state index contributed by atoms with van der Waals surface area (Å²) in [5.74, 6) is 2.29. The molecule has 1 saturated heterocycles. The molecule has 0 spiro atoms. The molecule has 0 unspecified atom stereocenters. The van der Waals surface area contributed by atoms with E-state index in [4.69, 9.17) is 16.0 Å². The standard InChI is InChI=1S/C27H27N5O3/c1-3-30-27(33)32-13-9-19-14-20(4-5-24(19)32)35-25-8-12-31-22-16-26(23(28-2)15-21(22)25)34-17-18-6-10-29-11-7-18/h4-5,8-9,12-16,18,29H,3,6-7,10-11,17H2,1H3,(H,30,33). The van der Waals surface area contributed by atoms with E-state index in [2.05, 4.69) is 20.5 Å². The monoisotopic (exact) mass is 469 g/mol. The molecule has 4 aromatic rings. The minimum Gasteiger partial charge on any atom is -0.504 e. The second-order valence-electron chi connectivity index (χ2n) is 8.61. The molecule has 1 aliphatic heterocycles. The second kappa shape index (κ2) is 10.0. The van der Waals surface area contributed by atoms with Crippen LogP contribution in [0, 0.1) is 12.5 Å². The van der Waals surface area contributed by atoms with Gasteiger partial charge in [-0.2, -0.15) is 0 Å². The first kappa shape index (κ1) is 22.7. The highest BCUT2D eigenvalue weighted by Gasteiger charge is 2.17. The van der Waals surface area contributed by atoms with Crippen molar-refractivity contribution < 1.29 is 14.3 Å². The smallest absolute Gasteiger partial charge is 0.326 e. The number of aromatic nitrogens is 2. The van der Waals surface area contributed by atoms with Crippen molar-refractivity contribution in [2.45, 2.75) is 19.8 Å². The van der Waals surface area contributed by atoms with Gasteiger partial charge in [0.25, 0.3) is 0 Å². The summed E-state index contributed by atoms with van der Waals surface area (Å²) in [6, 6.07) is 12.7. The first-order valence-corrected chi connectivity index (χ1v) is 11.9. The molecular weight excluding hydrogens is 442 g/mol. The zero-order valence-electron chi connectivity index (χ0n) is 19.6. The largest absolute Gasteiger partial charge is 0.504 e. The first-order chi connectivity index (χ1) is 17.2. The Morgan fingerprint density at radius 1 is 1.20 bits per heavy atom. The van der Waals surface area contributed by atoms with Crippen molar-refractivity contribution >= 4 is 33.5 Å². The number of nitrogens with zero attached hydrogens (tertiary/aromatic N) is 3. The van der Waals surface area contributed by atoms with Gasteiger partial charge in [-0.15, -0.1) is 0 Å². The van der Waals surface area contributed by atoms with E-state index < -0.39 is 0 Å². The van der Waals surface area contributed by atoms with Crippen LogP contribution in [0.25, 0.3) is 26.7 Å². The lowest BCUT2D eigenvalue weighted by molar-refractivity contribution is 0.216. The molecule has 8 heteroatoms. The van der Waals surface area contributed by atoms with Crippen LogP contribution in [0.3, 0.4) is 0 Å². The minimum atomic E-state index is -0.166. The van der Waals surface area contributed by atoms with Crippen LogP contribution in [-0.2, 0) is 0 Å². The average Bonchev–Trinajstić information content (AvgIpc) is 3.31. The van der Waals surface area contributed by atoms with Gasteiger partial charge >= 0.3 is 6.03 Å². The summed E-state index contributed by atoms with van der Waals surface area (Å²) in [4.78, 5) is 20.4. The molecule has 35 heavy (non-hydrogen) atoms. The van der Waals surface area contributed by atoms with Crippen LogP contribution in [0.15, 0.2) is 54.9 Å². The van der Waals surface area contributed by atoms with Gasteiger partial charge in [0.15, 0.2) is 0 Å². The SMILES string of the molecule is [C-]#[N+]c1cc2c(Oc3ccc4c(ccn4C(=O)NCC)c3)ccnc2cc1OCC1CCNCC1. The number of ether oxygens (including phenoxy) is 2. The topological polar surface area (TPSA) is 81.8 Å². The van der Waals surface area contributed by atoms with E-state index in [1.54, 1.807) is 29.1 Å². The first-order valence-electron chi connectivity index (χ1n) is 11.9. The van der Waals surface area contributed by atoms with Gasteiger partial charge in [-0.1, -0.05) is 0 Å². The number of pyridine rings is 1. The molecule has 3 heterocycles. The zero-order valence-corrected chi connectivity index (χ0v) is 19.6. The van der Waals surface area contributed by atoms with E-state index in [0.29, 0.717) is 47.5 Å². The van der Waals surface area contributed by atoms with E-state index in [1.807, 2.05) is 37.3 Å². The molecular formula is C27H27N5O3. The summed E-state index contributed by atoms with van der Waals surface area (Å²) < 4.78 is 13.9. The van der Waals surface area contributed by atoms with Gasteiger partial charge in [-0.3, -0.25) is 9.55 Å². The van der Waals surface area contributed by atoms with Crippen LogP contribution in [0.5, 0.6) is 17.2 Å². The maximum absolute atomic E-state index is 12.2. The van der Waals surface area contributed by atoms with Gasteiger partial charge in [0, 0.05) is 29.7 Å². The van der Waals surface area contributed by atoms with Crippen molar-refractivity contribution in [2.75, 3.05) is 26.2 Å². The third-order valence-corrected chi connectivity index (χ3v) is 6.27. The molecule has 0 bridgehead atoms. The van der Waals surface area contributed by atoms with Crippen molar-refractivity contribution in [3.63, 3.8) is 0 Å². The van der Waals surface area contributed by atoms with Crippen LogP contribution in [0.1, 0.15) is 19.8 Å². The van der Waals surface area contributed by atoms with Gasteiger partial charge in [-0.25, -0.2) is 9.64 Å². The number of benzene rings is 2. The number of nitrogens with one attached hydrogen (secondary N) is 2. The van der Waals surface area contributed by atoms with Crippen LogP contribution >= 0.6 is 0 Å². The number of amides is 1. The molecule has 0 aliphatic carbocycles.